The van der Waals surface area contributed by atoms with Crippen molar-refractivity contribution >= 4 is 23.4 Å². The number of nitrogens with two attached hydrogens (primary N) is 2. The fourth-order valence-corrected chi connectivity index (χ4v) is 3.03. The van der Waals surface area contributed by atoms with E-state index in [1.165, 1.54) is 0 Å². The lowest BCUT2D eigenvalue weighted by molar-refractivity contribution is 0.0985. The minimum atomic E-state index is -0.621. The first kappa shape index (κ1) is 19.8. The highest BCUT2D eigenvalue weighted by molar-refractivity contribution is 5.92. The van der Waals surface area contributed by atoms with Crippen LogP contribution in [-0.2, 0) is 4.74 Å². The molecule has 2 aromatic rings. The number of nitrogens with one attached hydrogen (secondary N) is 1. The molecule has 1 saturated heterocycles. The Labute approximate surface area is 164 Å². The number of pyridine rings is 1. The van der Waals surface area contributed by atoms with Crippen LogP contribution in [0.3, 0.4) is 0 Å². The number of carbonyl (C=O) groups excluding carboxylic acids is 1. The third-order valence-corrected chi connectivity index (χ3v) is 4.23. The fraction of sp³-hybridized carbons (Fsp3) is 0.474. The van der Waals surface area contributed by atoms with Gasteiger partial charge in [0.1, 0.15) is 23.1 Å². The zero-order valence-corrected chi connectivity index (χ0v) is 16.7. The second-order valence-corrected chi connectivity index (χ2v) is 7.96. The van der Waals surface area contributed by atoms with E-state index in [0.29, 0.717) is 36.2 Å². The van der Waals surface area contributed by atoms with Crippen LogP contribution in [-0.4, -0.2) is 52.2 Å². The van der Waals surface area contributed by atoms with Crippen molar-refractivity contribution in [3.63, 3.8) is 0 Å². The SMILES string of the molecule is CC1COCCN1c1cc(N)nc(-c2cc(NC(C)(C)C)nc(C(N)=O)c2)n1. The maximum Gasteiger partial charge on any atom is 0.267 e. The molecule has 1 unspecified atom stereocenters. The molecule has 5 N–H and O–H groups in total. The predicted molar refractivity (Wildman–Crippen MR) is 109 cm³/mol. The minimum absolute atomic E-state index is 0.136. The van der Waals surface area contributed by atoms with Crippen LogP contribution in [0.25, 0.3) is 11.4 Å². The largest absolute Gasteiger partial charge is 0.384 e. The van der Waals surface area contributed by atoms with Crippen LogP contribution >= 0.6 is 0 Å². The highest BCUT2D eigenvalue weighted by atomic mass is 16.5. The minimum Gasteiger partial charge on any atom is -0.384 e. The van der Waals surface area contributed by atoms with Gasteiger partial charge in [0, 0.05) is 23.7 Å². The van der Waals surface area contributed by atoms with E-state index in [9.17, 15) is 4.79 Å². The zero-order chi connectivity index (χ0) is 20.5. The number of primary amides is 1. The second kappa shape index (κ2) is 7.59. The summed E-state index contributed by atoms with van der Waals surface area (Å²) in [7, 11) is 0. The second-order valence-electron chi connectivity index (χ2n) is 7.96. The zero-order valence-electron chi connectivity index (χ0n) is 16.7. The van der Waals surface area contributed by atoms with E-state index in [1.807, 2.05) is 20.8 Å². The molecule has 0 spiro atoms. The molecule has 1 atom stereocenters. The van der Waals surface area contributed by atoms with E-state index in [-0.39, 0.29) is 17.3 Å². The lowest BCUT2D eigenvalue weighted by Gasteiger charge is -2.34. The van der Waals surface area contributed by atoms with E-state index in [4.69, 9.17) is 16.2 Å². The van der Waals surface area contributed by atoms with Gasteiger partial charge in [-0.2, -0.15) is 0 Å². The van der Waals surface area contributed by atoms with Gasteiger partial charge in [0.05, 0.1) is 19.3 Å². The Morgan fingerprint density at radius 2 is 2.00 bits per heavy atom. The summed E-state index contributed by atoms with van der Waals surface area (Å²) < 4.78 is 5.50. The molecule has 1 aliphatic rings. The molecule has 0 bridgehead atoms. The van der Waals surface area contributed by atoms with Crippen LogP contribution in [0.1, 0.15) is 38.2 Å². The molecule has 28 heavy (non-hydrogen) atoms. The standard InChI is InChI=1S/C19H27N7O2/c1-11-10-28-6-5-26(11)16-9-14(20)23-18(24-16)12-7-13(17(21)27)22-15(8-12)25-19(2,3)4/h7-9,11H,5-6,10H2,1-4H3,(H2,21,27)(H,22,25)(H2,20,23,24). The molecule has 1 fully saturated rings. The molecule has 1 amide bonds. The molecule has 0 aliphatic carbocycles. The number of amides is 1. The Kier molecular flexibility index (Phi) is 5.37. The molecule has 3 heterocycles. The number of hydrogen-bond acceptors (Lipinski definition) is 8. The summed E-state index contributed by atoms with van der Waals surface area (Å²) in [5, 5.41) is 3.25. The summed E-state index contributed by atoms with van der Waals surface area (Å²) in [5.74, 6) is 1.38. The Morgan fingerprint density at radius 3 is 2.64 bits per heavy atom. The molecule has 3 rings (SSSR count). The molecule has 0 radical (unpaired) electrons. The van der Waals surface area contributed by atoms with Crippen molar-refractivity contribution in [3.05, 3.63) is 23.9 Å². The molecule has 2 aromatic heterocycles. The highest BCUT2D eigenvalue weighted by Crippen LogP contribution is 2.26. The van der Waals surface area contributed by atoms with Gasteiger partial charge in [-0.1, -0.05) is 0 Å². The molecule has 1 aliphatic heterocycles. The van der Waals surface area contributed by atoms with Crippen molar-refractivity contribution in [1.82, 2.24) is 15.0 Å². The van der Waals surface area contributed by atoms with E-state index in [0.717, 1.165) is 12.4 Å². The fourth-order valence-electron chi connectivity index (χ4n) is 3.03. The van der Waals surface area contributed by atoms with Crippen LogP contribution in [0.4, 0.5) is 17.5 Å². The van der Waals surface area contributed by atoms with Gasteiger partial charge in [0.15, 0.2) is 5.82 Å². The van der Waals surface area contributed by atoms with E-state index >= 15 is 0 Å². The van der Waals surface area contributed by atoms with Gasteiger partial charge in [0.25, 0.3) is 5.91 Å². The Morgan fingerprint density at radius 1 is 1.25 bits per heavy atom. The average molecular weight is 385 g/mol. The smallest absolute Gasteiger partial charge is 0.267 e. The molecule has 0 saturated carbocycles. The molecule has 9 nitrogen and oxygen atoms in total. The number of carbonyl (C=O) groups is 1. The summed E-state index contributed by atoms with van der Waals surface area (Å²) in [6, 6.07) is 5.29. The van der Waals surface area contributed by atoms with Gasteiger partial charge in [-0.15, -0.1) is 0 Å². The number of anilines is 3. The van der Waals surface area contributed by atoms with Crippen LogP contribution in [0.5, 0.6) is 0 Å². The summed E-state index contributed by atoms with van der Waals surface area (Å²) in [6.07, 6.45) is 0. The van der Waals surface area contributed by atoms with Gasteiger partial charge < -0.3 is 26.4 Å². The number of morpholine rings is 1. The lowest BCUT2D eigenvalue weighted by atomic mass is 10.1. The van der Waals surface area contributed by atoms with E-state index < -0.39 is 5.91 Å². The number of nitrogens with zero attached hydrogens (tertiary/aromatic N) is 4. The third kappa shape index (κ3) is 4.66. The summed E-state index contributed by atoms with van der Waals surface area (Å²) in [5.41, 5.74) is 12.0. The summed E-state index contributed by atoms with van der Waals surface area (Å²) in [6.45, 7) is 10.0. The normalized spacial score (nSPS) is 17.4. The number of hydrogen-bond donors (Lipinski definition) is 3. The number of ether oxygens (including phenoxy) is 1. The summed E-state index contributed by atoms with van der Waals surface area (Å²) in [4.78, 5) is 27.2. The molecule has 9 heteroatoms. The quantitative estimate of drug-likeness (QED) is 0.724. The van der Waals surface area contributed by atoms with Crippen molar-refractivity contribution in [2.24, 2.45) is 5.73 Å². The average Bonchev–Trinajstić information content (AvgIpc) is 2.59. The third-order valence-electron chi connectivity index (χ3n) is 4.23. The van der Waals surface area contributed by atoms with Crippen molar-refractivity contribution < 1.29 is 9.53 Å². The predicted octanol–water partition coefficient (Wildman–Crippen LogP) is 1.66. The Balaban J connectivity index is 2.05. The molecular formula is C19H27N7O2. The van der Waals surface area contributed by atoms with Gasteiger partial charge in [0.2, 0.25) is 0 Å². The van der Waals surface area contributed by atoms with Gasteiger partial charge >= 0.3 is 0 Å². The maximum atomic E-state index is 11.8. The molecule has 150 valence electrons. The number of rotatable bonds is 4. The van der Waals surface area contributed by atoms with Crippen molar-refractivity contribution in [2.45, 2.75) is 39.3 Å². The van der Waals surface area contributed by atoms with Crippen LogP contribution in [0.2, 0.25) is 0 Å². The first-order valence-electron chi connectivity index (χ1n) is 9.22. The monoisotopic (exact) mass is 385 g/mol. The first-order chi connectivity index (χ1) is 13.1. The number of nitrogen functional groups attached to an aromatic ring is 1. The number of aromatic nitrogens is 3. The maximum absolute atomic E-state index is 11.8. The van der Waals surface area contributed by atoms with E-state index in [2.05, 4.69) is 32.1 Å². The van der Waals surface area contributed by atoms with Crippen molar-refractivity contribution in [1.29, 1.82) is 0 Å². The van der Waals surface area contributed by atoms with Gasteiger partial charge in [-0.05, 0) is 39.8 Å². The first-order valence-corrected chi connectivity index (χ1v) is 9.22. The van der Waals surface area contributed by atoms with Crippen molar-refractivity contribution in [2.75, 3.05) is 35.7 Å². The van der Waals surface area contributed by atoms with Crippen LogP contribution in [0.15, 0.2) is 18.2 Å². The van der Waals surface area contributed by atoms with Crippen LogP contribution in [0, 0.1) is 0 Å². The molecule has 0 aromatic carbocycles. The van der Waals surface area contributed by atoms with Crippen molar-refractivity contribution in [3.8, 4) is 11.4 Å². The highest BCUT2D eigenvalue weighted by Gasteiger charge is 2.22. The van der Waals surface area contributed by atoms with E-state index in [1.54, 1.807) is 18.2 Å². The Hall–Kier alpha value is -2.94. The van der Waals surface area contributed by atoms with Crippen LogP contribution < -0.4 is 21.7 Å². The van der Waals surface area contributed by atoms with Gasteiger partial charge in [-0.25, -0.2) is 15.0 Å². The topological polar surface area (TPSA) is 132 Å². The Bertz CT molecular complexity index is 879. The summed E-state index contributed by atoms with van der Waals surface area (Å²) >= 11 is 0. The molecular weight excluding hydrogens is 358 g/mol. The van der Waals surface area contributed by atoms with Gasteiger partial charge in [-0.3, -0.25) is 4.79 Å². The lowest BCUT2D eigenvalue weighted by Crippen LogP contribution is -2.44.